The standard InChI is InChI=1S/C38H40N2O8/c1-3-4-5-6-7-24-47-32-20-14-29(15-21-32)38(45)48-33-22-12-27(13-23-33)35(37(43)44)40-36(42)28-10-16-30(17-11-28)39-34(41)25-26-8-18-31(46-2)19-9-26/h8-23,35H,3-7,24-25H2,1-2H3,(H,39,41)(H,40,42)(H,43,44). The van der Waals surface area contributed by atoms with Crippen LogP contribution in [0, 0.1) is 0 Å². The first kappa shape index (κ1) is 35.2. The number of ether oxygens (including phenoxy) is 3. The Morgan fingerprint density at radius 3 is 1.94 bits per heavy atom. The van der Waals surface area contributed by atoms with Crippen LogP contribution < -0.4 is 24.8 Å². The second-order valence-corrected chi connectivity index (χ2v) is 11.1. The molecule has 0 radical (unpaired) electrons. The molecule has 10 nitrogen and oxygen atoms in total. The summed E-state index contributed by atoms with van der Waals surface area (Å²) < 4.78 is 16.3. The van der Waals surface area contributed by atoms with Crippen molar-refractivity contribution in [3.8, 4) is 17.2 Å². The van der Waals surface area contributed by atoms with Gasteiger partial charge in [0, 0.05) is 11.3 Å². The van der Waals surface area contributed by atoms with Crippen molar-refractivity contribution in [1.29, 1.82) is 0 Å². The lowest BCUT2D eigenvalue weighted by Gasteiger charge is -2.16. The van der Waals surface area contributed by atoms with Gasteiger partial charge in [-0.15, -0.1) is 0 Å². The molecule has 0 saturated carbocycles. The van der Waals surface area contributed by atoms with E-state index in [1.807, 2.05) is 0 Å². The summed E-state index contributed by atoms with van der Waals surface area (Å²) in [5, 5.41) is 15.1. The molecule has 4 aromatic carbocycles. The summed E-state index contributed by atoms with van der Waals surface area (Å²) in [5.74, 6) is -1.09. The summed E-state index contributed by atoms with van der Waals surface area (Å²) in [6.07, 6.45) is 5.88. The summed E-state index contributed by atoms with van der Waals surface area (Å²) in [6.45, 7) is 2.80. The van der Waals surface area contributed by atoms with Crippen LogP contribution >= 0.6 is 0 Å². The summed E-state index contributed by atoms with van der Waals surface area (Å²) in [7, 11) is 1.57. The zero-order valence-corrected chi connectivity index (χ0v) is 27.1. The SMILES string of the molecule is CCCCCCCOc1ccc(C(=O)Oc2ccc(C(NC(=O)c3ccc(NC(=O)Cc4ccc(OC)cc4)cc3)C(=O)O)cc2)cc1. The van der Waals surface area contributed by atoms with Crippen LogP contribution in [0.25, 0.3) is 0 Å². The molecule has 48 heavy (non-hydrogen) atoms. The maximum atomic E-state index is 12.9. The van der Waals surface area contributed by atoms with Gasteiger partial charge in [0.15, 0.2) is 6.04 Å². The van der Waals surface area contributed by atoms with E-state index in [0.29, 0.717) is 29.4 Å². The maximum absolute atomic E-state index is 12.9. The molecular weight excluding hydrogens is 612 g/mol. The molecule has 250 valence electrons. The number of carbonyl (C=O) groups excluding carboxylic acids is 3. The first-order valence-corrected chi connectivity index (χ1v) is 15.9. The van der Waals surface area contributed by atoms with Gasteiger partial charge in [0.1, 0.15) is 17.2 Å². The van der Waals surface area contributed by atoms with Crippen LogP contribution in [0.2, 0.25) is 0 Å². The van der Waals surface area contributed by atoms with E-state index in [-0.39, 0.29) is 29.2 Å². The van der Waals surface area contributed by atoms with Crippen LogP contribution in [-0.2, 0) is 16.0 Å². The zero-order valence-electron chi connectivity index (χ0n) is 27.1. The molecule has 4 rings (SSSR count). The van der Waals surface area contributed by atoms with Crippen LogP contribution in [0.3, 0.4) is 0 Å². The van der Waals surface area contributed by atoms with Crippen LogP contribution in [0.4, 0.5) is 5.69 Å². The molecule has 0 heterocycles. The van der Waals surface area contributed by atoms with Crippen molar-refractivity contribution in [3.63, 3.8) is 0 Å². The molecule has 0 bridgehead atoms. The Hall–Kier alpha value is -5.64. The Morgan fingerprint density at radius 2 is 1.31 bits per heavy atom. The largest absolute Gasteiger partial charge is 0.497 e. The number of nitrogens with one attached hydrogen (secondary N) is 2. The highest BCUT2D eigenvalue weighted by molar-refractivity contribution is 5.98. The van der Waals surface area contributed by atoms with Crippen LogP contribution in [0.5, 0.6) is 17.2 Å². The van der Waals surface area contributed by atoms with E-state index in [4.69, 9.17) is 14.2 Å². The fourth-order valence-corrected chi connectivity index (χ4v) is 4.82. The Labute approximate surface area is 280 Å². The molecule has 10 heteroatoms. The predicted octanol–water partition coefficient (Wildman–Crippen LogP) is 7.00. The van der Waals surface area contributed by atoms with Crippen LogP contribution in [0.15, 0.2) is 97.1 Å². The third-order valence-corrected chi connectivity index (χ3v) is 7.51. The van der Waals surface area contributed by atoms with E-state index >= 15 is 0 Å². The minimum Gasteiger partial charge on any atom is -0.497 e. The Bertz CT molecular complexity index is 1650. The van der Waals surface area contributed by atoms with Gasteiger partial charge in [-0.3, -0.25) is 9.59 Å². The second-order valence-electron chi connectivity index (χ2n) is 11.1. The normalized spacial score (nSPS) is 11.2. The molecule has 1 unspecified atom stereocenters. The van der Waals surface area contributed by atoms with Gasteiger partial charge in [0.05, 0.1) is 25.7 Å². The maximum Gasteiger partial charge on any atom is 0.343 e. The van der Waals surface area contributed by atoms with Crippen molar-refractivity contribution >= 4 is 29.4 Å². The number of methoxy groups -OCH3 is 1. The average Bonchev–Trinajstić information content (AvgIpc) is 3.09. The summed E-state index contributed by atoms with van der Waals surface area (Å²) in [4.78, 5) is 50.1. The van der Waals surface area contributed by atoms with E-state index < -0.39 is 23.9 Å². The molecule has 1 atom stereocenters. The highest BCUT2D eigenvalue weighted by Gasteiger charge is 2.23. The van der Waals surface area contributed by atoms with Crippen LogP contribution in [0.1, 0.15) is 76.9 Å². The molecule has 4 aromatic rings. The number of amides is 2. The van der Waals surface area contributed by atoms with Crippen molar-refractivity contribution in [2.75, 3.05) is 19.0 Å². The molecule has 0 fully saturated rings. The van der Waals surface area contributed by atoms with E-state index in [9.17, 15) is 24.3 Å². The van der Waals surface area contributed by atoms with Crippen molar-refractivity contribution in [1.82, 2.24) is 5.32 Å². The number of aliphatic carboxylic acids is 1. The summed E-state index contributed by atoms with van der Waals surface area (Å²) >= 11 is 0. The molecule has 0 aromatic heterocycles. The van der Waals surface area contributed by atoms with E-state index in [1.165, 1.54) is 55.7 Å². The number of carboxylic acids is 1. The number of esters is 1. The van der Waals surface area contributed by atoms with Gasteiger partial charge in [0.25, 0.3) is 5.91 Å². The fourth-order valence-electron chi connectivity index (χ4n) is 4.82. The molecular formula is C38H40N2O8. The van der Waals surface area contributed by atoms with Gasteiger partial charge >= 0.3 is 11.9 Å². The number of benzene rings is 4. The van der Waals surface area contributed by atoms with Crippen molar-refractivity contribution in [2.24, 2.45) is 0 Å². The zero-order chi connectivity index (χ0) is 34.3. The minimum absolute atomic E-state index is 0.159. The average molecular weight is 653 g/mol. The molecule has 3 N–H and O–H groups in total. The summed E-state index contributed by atoms with van der Waals surface area (Å²) in [6, 6.07) is 24.5. The lowest BCUT2D eigenvalue weighted by Crippen LogP contribution is -2.33. The number of carboxylic acid groups (broad SMARTS) is 1. The molecule has 0 saturated heterocycles. The molecule has 2 amide bonds. The number of hydrogen-bond donors (Lipinski definition) is 3. The number of carbonyl (C=O) groups is 4. The van der Waals surface area contributed by atoms with Gasteiger partial charge in [-0.05, 0) is 90.3 Å². The fraction of sp³-hybridized carbons (Fsp3) is 0.263. The number of hydrogen-bond acceptors (Lipinski definition) is 7. The van der Waals surface area contributed by atoms with Crippen molar-refractivity contribution < 1.29 is 38.5 Å². The monoisotopic (exact) mass is 652 g/mol. The van der Waals surface area contributed by atoms with E-state index in [0.717, 1.165) is 18.4 Å². The number of rotatable bonds is 17. The van der Waals surface area contributed by atoms with Gasteiger partial charge in [0.2, 0.25) is 5.91 Å². The first-order chi connectivity index (χ1) is 23.2. The minimum atomic E-state index is -1.36. The van der Waals surface area contributed by atoms with Gasteiger partial charge in [-0.2, -0.15) is 0 Å². The second kappa shape index (κ2) is 17.9. The number of unbranched alkanes of at least 4 members (excludes halogenated alkanes) is 4. The molecule has 0 aliphatic carbocycles. The lowest BCUT2D eigenvalue weighted by atomic mass is 10.1. The molecule has 0 aliphatic heterocycles. The van der Waals surface area contributed by atoms with E-state index in [1.54, 1.807) is 67.8 Å². The Morgan fingerprint density at radius 1 is 0.708 bits per heavy atom. The van der Waals surface area contributed by atoms with Gasteiger partial charge < -0.3 is 30.0 Å². The van der Waals surface area contributed by atoms with E-state index in [2.05, 4.69) is 17.6 Å². The third kappa shape index (κ3) is 10.7. The van der Waals surface area contributed by atoms with Crippen molar-refractivity contribution in [2.45, 2.75) is 51.5 Å². The van der Waals surface area contributed by atoms with Gasteiger partial charge in [-0.25, -0.2) is 9.59 Å². The molecule has 0 spiro atoms. The predicted molar refractivity (Wildman–Crippen MR) is 182 cm³/mol. The third-order valence-electron chi connectivity index (χ3n) is 7.51. The smallest absolute Gasteiger partial charge is 0.343 e. The van der Waals surface area contributed by atoms with Crippen molar-refractivity contribution in [3.05, 3.63) is 119 Å². The number of anilines is 1. The Kier molecular flexibility index (Phi) is 13.1. The topological polar surface area (TPSA) is 140 Å². The Balaban J connectivity index is 1.27. The summed E-state index contributed by atoms with van der Waals surface area (Å²) in [5.41, 5.74) is 2.14. The first-order valence-electron chi connectivity index (χ1n) is 15.9. The highest BCUT2D eigenvalue weighted by Crippen LogP contribution is 2.22. The molecule has 0 aliphatic rings. The van der Waals surface area contributed by atoms with Gasteiger partial charge in [-0.1, -0.05) is 56.9 Å². The lowest BCUT2D eigenvalue weighted by molar-refractivity contribution is -0.139. The highest BCUT2D eigenvalue weighted by atomic mass is 16.5. The quantitative estimate of drug-likeness (QED) is 0.0629. The van der Waals surface area contributed by atoms with Crippen LogP contribution in [-0.4, -0.2) is 42.6 Å².